The second kappa shape index (κ2) is 7.30. The van der Waals surface area contributed by atoms with Crippen LogP contribution in [-0.2, 0) is 0 Å². The lowest BCUT2D eigenvalue weighted by Crippen LogP contribution is -2.31. The average Bonchev–Trinajstić information content (AvgIpc) is 3.35. The minimum absolute atomic E-state index is 0.0595. The summed E-state index contributed by atoms with van der Waals surface area (Å²) in [4.78, 5) is 4.92. The van der Waals surface area contributed by atoms with Crippen LogP contribution in [0.3, 0.4) is 0 Å². The third-order valence-electron chi connectivity index (χ3n) is 5.67. The Labute approximate surface area is 179 Å². The molecule has 1 fully saturated rings. The van der Waals surface area contributed by atoms with Crippen LogP contribution in [0.15, 0.2) is 65.1 Å². The molecule has 2 aliphatic heterocycles. The fourth-order valence-electron chi connectivity index (χ4n) is 4.11. The highest BCUT2D eigenvalue weighted by molar-refractivity contribution is 9.10. The minimum atomic E-state index is 0.0595. The van der Waals surface area contributed by atoms with E-state index in [1.165, 1.54) is 28.1 Å². The van der Waals surface area contributed by atoms with Crippen LogP contribution in [0.4, 0.5) is 11.4 Å². The van der Waals surface area contributed by atoms with Crippen molar-refractivity contribution in [3.8, 4) is 11.5 Å². The SMILES string of the molecule is Cc1ccc(N2CCN(c3ccc(C)cc3)C2c2cc3c(cc2Br)OCO3)cc1. The van der Waals surface area contributed by atoms with Gasteiger partial charge in [0.1, 0.15) is 6.17 Å². The van der Waals surface area contributed by atoms with E-state index in [0.29, 0.717) is 0 Å². The van der Waals surface area contributed by atoms with Gasteiger partial charge in [0.15, 0.2) is 11.5 Å². The predicted molar refractivity (Wildman–Crippen MR) is 120 cm³/mol. The van der Waals surface area contributed by atoms with Crippen molar-refractivity contribution in [3.05, 3.63) is 81.8 Å². The first-order chi connectivity index (χ1) is 14.1. The highest BCUT2D eigenvalue weighted by Gasteiger charge is 2.36. The zero-order valence-electron chi connectivity index (χ0n) is 16.6. The van der Waals surface area contributed by atoms with E-state index in [9.17, 15) is 0 Å². The third kappa shape index (κ3) is 3.33. The number of fused-ring (bicyclic) bond motifs is 1. The topological polar surface area (TPSA) is 24.9 Å². The van der Waals surface area contributed by atoms with Gasteiger partial charge in [-0.3, -0.25) is 0 Å². The molecule has 0 aliphatic carbocycles. The first-order valence-electron chi connectivity index (χ1n) is 9.86. The molecule has 0 N–H and O–H groups in total. The van der Waals surface area contributed by atoms with Crippen molar-refractivity contribution in [1.29, 1.82) is 0 Å². The molecule has 0 spiro atoms. The molecule has 5 heteroatoms. The first kappa shape index (κ1) is 18.4. The minimum Gasteiger partial charge on any atom is -0.454 e. The van der Waals surface area contributed by atoms with Crippen molar-refractivity contribution in [2.75, 3.05) is 29.7 Å². The first-order valence-corrected chi connectivity index (χ1v) is 10.6. The zero-order chi connectivity index (χ0) is 20.0. The molecule has 0 aromatic heterocycles. The van der Waals surface area contributed by atoms with Gasteiger partial charge in [0.2, 0.25) is 6.79 Å². The molecular formula is C24H23BrN2O2. The number of ether oxygens (including phenoxy) is 2. The molecule has 0 saturated carbocycles. The van der Waals surface area contributed by atoms with Gasteiger partial charge in [0.25, 0.3) is 0 Å². The maximum Gasteiger partial charge on any atom is 0.231 e. The number of aryl methyl sites for hydroxylation is 2. The van der Waals surface area contributed by atoms with Crippen LogP contribution in [0.25, 0.3) is 0 Å². The van der Waals surface area contributed by atoms with E-state index in [-0.39, 0.29) is 13.0 Å². The molecule has 2 heterocycles. The molecule has 29 heavy (non-hydrogen) atoms. The van der Waals surface area contributed by atoms with E-state index in [1.54, 1.807) is 0 Å². The number of hydrogen-bond donors (Lipinski definition) is 0. The molecule has 148 valence electrons. The van der Waals surface area contributed by atoms with E-state index >= 15 is 0 Å². The van der Waals surface area contributed by atoms with Gasteiger partial charge < -0.3 is 19.3 Å². The van der Waals surface area contributed by atoms with Crippen LogP contribution in [0.1, 0.15) is 22.9 Å². The van der Waals surface area contributed by atoms with Gasteiger partial charge in [-0.1, -0.05) is 51.3 Å². The summed E-state index contributed by atoms with van der Waals surface area (Å²) in [5.41, 5.74) is 6.15. The molecule has 0 amide bonds. The second-order valence-corrected chi connectivity index (χ2v) is 8.51. The predicted octanol–water partition coefficient (Wildman–Crippen LogP) is 5.82. The van der Waals surface area contributed by atoms with Crippen molar-refractivity contribution in [3.63, 3.8) is 0 Å². The lowest BCUT2D eigenvalue weighted by molar-refractivity contribution is 0.174. The van der Waals surface area contributed by atoms with Gasteiger partial charge in [-0.25, -0.2) is 0 Å². The normalized spacial score (nSPS) is 16.0. The van der Waals surface area contributed by atoms with Gasteiger partial charge in [-0.15, -0.1) is 0 Å². The van der Waals surface area contributed by atoms with Crippen LogP contribution in [-0.4, -0.2) is 19.9 Å². The number of benzene rings is 3. The quantitative estimate of drug-likeness (QED) is 0.501. The van der Waals surface area contributed by atoms with E-state index in [1.807, 2.05) is 6.07 Å². The molecule has 0 radical (unpaired) electrons. The smallest absolute Gasteiger partial charge is 0.231 e. The maximum absolute atomic E-state index is 5.69. The molecule has 5 rings (SSSR count). The average molecular weight is 451 g/mol. The Bertz CT molecular complexity index is 980. The third-order valence-corrected chi connectivity index (χ3v) is 6.36. The Balaban J connectivity index is 1.61. The molecule has 4 nitrogen and oxygen atoms in total. The lowest BCUT2D eigenvalue weighted by Gasteiger charge is -2.34. The van der Waals surface area contributed by atoms with E-state index in [2.05, 4.69) is 94.2 Å². The number of rotatable bonds is 3. The number of nitrogens with zero attached hydrogens (tertiary/aromatic N) is 2. The molecule has 3 aromatic rings. The van der Waals surface area contributed by atoms with Crippen molar-refractivity contribution < 1.29 is 9.47 Å². The van der Waals surface area contributed by atoms with E-state index < -0.39 is 0 Å². The van der Waals surface area contributed by atoms with Gasteiger partial charge >= 0.3 is 0 Å². The van der Waals surface area contributed by atoms with Crippen LogP contribution >= 0.6 is 15.9 Å². The second-order valence-electron chi connectivity index (χ2n) is 7.66. The van der Waals surface area contributed by atoms with Crippen LogP contribution < -0.4 is 19.3 Å². The summed E-state index contributed by atoms with van der Waals surface area (Å²) < 4.78 is 12.3. The molecule has 3 aromatic carbocycles. The summed E-state index contributed by atoms with van der Waals surface area (Å²) in [6.45, 7) is 6.42. The number of anilines is 2. The number of hydrogen-bond acceptors (Lipinski definition) is 4. The Kier molecular flexibility index (Phi) is 4.63. The van der Waals surface area contributed by atoms with Gasteiger partial charge in [0.05, 0.1) is 0 Å². The molecule has 0 bridgehead atoms. The van der Waals surface area contributed by atoms with Gasteiger partial charge in [0, 0.05) is 34.5 Å². The fourth-order valence-corrected chi connectivity index (χ4v) is 4.64. The summed E-state index contributed by atoms with van der Waals surface area (Å²) >= 11 is 3.79. The fraction of sp³-hybridized carbons (Fsp3) is 0.250. The van der Waals surface area contributed by atoms with Crippen molar-refractivity contribution in [1.82, 2.24) is 0 Å². The van der Waals surface area contributed by atoms with Crippen LogP contribution in [0.5, 0.6) is 11.5 Å². The highest BCUT2D eigenvalue weighted by atomic mass is 79.9. The standard InChI is InChI=1S/C24H23BrN2O2/c1-16-3-7-18(8-4-16)26-11-12-27(19-9-5-17(2)6-10-19)24(26)20-13-22-23(14-21(20)25)29-15-28-22/h3-10,13-14,24H,11-12,15H2,1-2H3. The summed E-state index contributed by atoms with van der Waals surface area (Å²) in [5.74, 6) is 1.60. The van der Waals surface area contributed by atoms with Crippen LogP contribution in [0.2, 0.25) is 0 Å². The molecule has 0 unspecified atom stereocenters. The maximum atomic E-state index is 5.69. The Morgan fingerprint density at radius 3 is 1.76 bits per heavy atom. The Morgan fingerprint density at radius 1 is 0.759 bits per heavy atom. The van der Waals surface area contributed by atoms with Crippen molar-refractivity contribution >= 4 is 27.3 Å². The zero-order valence-corrected chi connectivity index (χ0v) is 18.1. The molecule has 2 aliphatic rings. The van der Waals surface area contributed by atoms with E-state index in [4.69, 9.17) is 9.47 Å². The van der Waals surface area contributed by atoms with Gasteiger partial charge in [-0.2, -0.15) is 0 Å². The Hall–Kier alpha value is -2.66. The molecular weight excluding hydrogens is 428 g/mol. The van der Waals surface area contributed by atoms with Gasteiger partial charge in [-0.05, 0) is 50.2 Å². The highest BCUT2D eigenvalue weighted by Crippen LogP contribution is 2.45. The molecule has 0 atom stereocenters. The van der Waals surface area contributed by atoms with Crippen LogP contribution in [0, 0.1) is 13.8 Å². The van der Waals surface area contributed by atoms with Crippen molar-refractivity contribution in [2.45, 2.75) is 20.0 Å². The molecule has 1 saturated heterocycles. The van der Waals surface area contributed by atoms with Crippen molar-refractivity contribution in [2.24, 2.45) is 0 Å². The summed E-state index contributed by atoms with van der Waals surface area (Å²) in [6, 6.07) is 21.7. The summed E-state index contributed by atoms with van der Waals surface area (Å²) in [6.07, 6.45) is 0.0595. The van der Waals surface area contributed by atoms with E-state index in [0.717, 1.165) is 29.1 Å². The lowest BCUT2D eigenvalue weighted by atomic mass is 10.1. The monoisotopic (exact) mass is 450 g/mol. The Morgan fingerprint density at radius 2 is 1.24 bits per heavy atom. The summed E-state index contributed by atoms with van der Waals surface area (Å²) in [7, 11) is 0. The summed E-state index contributed by atoms with van der Waals surface area (Å²) in [5, 5.41) is 0. The number of halogens is 1. The largest absolute Gasteiger partial charge is 0.454 e.